The van der Waals surface area contributed by atoms with Gasteiger partial charge in [-0.1, -0.05) is 43.1 Å². The number of rotatable bonds is 7. The van der Waals surface area contributed by atoms with E-state index in [-0.39, 0.29) is 23.7 Å². The molecule has 3 nitrogen and oxygen atoms in total. The van der Waals surface area contributed by atoms with Crippen molar-refractivity contribution in [2.24, 2.45) is 11.1 Å². The van der Waals surface area contributed by atoms with Gasteiger partial charge in [0, 0.05) is 20.0 Å². The average molecular weight is 368 g/mol. The van der Waals surface area contributed by atoms with E-state index in [4.69, 9.17) is 28.9 Å². The van der Waals surface area contributed by atoms with Gasteiger partial charge in [0.2, 0.25) is 5.91 Å². The maximum atomic E-state index is 12.1. The number of carbonyl (C=O) groups excluding carboxylic acids is 1. The first kappa shape index (κ1) is 21.5. The van der Waals surface area contributed by atoms with E-state index in [1.54, 1.807) is 11.0 Å². The number of aryl methyl sites for hydroxylation is 1. The SMILES string of the molecule is CN(CC(C)(C)CN)C(=O)CCCc1ccc(Cl)c(Cl)c1.Cl. The van der Waals surface area contributed by atoms with Gasteiger partial charge in [0.15, 0.2) is 0 Å². The van der Waals surface area contributed by atoms with Crippen molar-refractivity contribution < 1.29 is 4.79 Å². The summed E-state index contributed by atoms with van der Waals surface area (Å²) in [5, 5.41) is 1.11. The van der Waals surface area contributed by atoms with Crippen molar-refractivity contribution in [3.63, 3.8) is 0 Å². The van der Waals surface area contributed by atoms with Crippen LogP contribution in [-0.2, 0) is 11.2 Å². The Morgan fingerprint density at radius 2 is 1.91 bits per heavy atom. The molecule has 0 saturated carbocycles. The van der Waals surface area contributed by atoms with Gasteiger partial charge in [-0.15, -0.1) is 12.4 Å². The van der Waals surface area contributed by atoms with E-state index in [9.17, 15) is 4.79 Å². The molecule has 0 spiro atoms. The van der Waals surface area contributed by atoms with Crippen molar-refractivity contribution in [1.82, 2.24) is 4.90 Å². The van der Waals surface area contributed by atoms with Crippen LogP contribution in [-0.4, -0.2) is 30.9 Å². The highest BCUT2D eigenvalue weighted by molar-refractivity contribution is 6.42. The molecule has 0 aromatic heterocycles. The molecule has 22 heavy (non-hydrogen) atoms. The summed E-state index contributed by atoms with van der Waals surface area (Å²) >= 11 is 11.9. The minimum atomic E-state index is -0.0475. The molecule has 1 rings (SSSR count). The fourth-order valence-electron chi connectivity index (χ4n) is 2.12. The summed E-state index contributed by atoms with van der Waals surface area (Å²) in [4.78, 5) is 13.9. The lowest BCUT2D eigenvalue weighted by molar-refractivity contribution is -0.131. The number of nitrogens with two attached hydrogens (primary N) is 1. The van der Waals surface area contributed by atoms with E-state index >= 15 is 0 Å². The van der Waals surface area contributed by atoms with Crippen molar-refractivity contribution in [3.8, 4) is 0 Å². The Morgan fingerprint density at radius 1 is 1.27 bits per heavy atom. The molecule has 0 radical (unpaired) electrons. The maximum absolute atomic E-state index is 12.1. The van der Waals surface area contributed by atoms with Crippen molar-refractivity contribution >= 4 is 41.5 Å². The van der Waals surface area contributed by atoms with Crippen LogP contribution in [0.4, 0.5) is 0 Å². The summed E-state index contributed by atoms with van der Waals surface area (Å²) in [5.41, 5.74) is 6.75. The van der Waals surface area contributed by atoms with Crippen LogP contribution in [0.1, 0.15) is 32.3 Å². The first-order valence-corrected chi connectivity index (χ1v) is 7.89. The summed E-state index contributed by atoms with van der Waals surface area (Å²) < 4.78 is 0. The quantitative estimate of drug-likeness (QED) is 0.785. The second-order valence-corrected chi connectivity index (χ2v) is 7.03. The van der Waals surface area contributed by atoms with Crippen LogP contribution >= 0.6 is 35.6 Å². The highest BCUT2D eigenvalue weighted by Gasteiger charge is 2.20. The van der Waals surface area contributed by atoms with Gasteiger partial charge in [-0.3, -0.25) is 4.79 Å². The molecule has 0 unspecified atom stereocenters. The molecule has 1 aromatic carbocycles. The summed E-state index contributed by atoms with van der Waals surface area (Å²) in [6, 6.07) is 5.59. The zero-order chi connectivity index (χ0) is 16.0. The summed E-state index contributed by atoms with van der Waals surface area (Å²) in [6.45, 7) is 5.36. The normalized spacial score (nSPS) is 11.0. The fourth-order valence-corrected chi connectivity index (χ4v) is 2.45. The highest BCUT2D eigenvalue weighted by atomic mass is 35.5. The molecule has 126 valence electrons. The van der Waals surface area contributed by atoms with Crippen LogP contribution in [0.5, 0.6) is 0 Å². The van der Waals surface area contributed by atoms with Gasteiger partial charge in [0.1, 0.15) is 0 Å². The molecule has 2 N–H and O–H groups in total. The van der Waals surface area contributed by atoms with Crippen LogP contribution in [0.15, 0.2) is 18.2 Å². The number of hydrogen-bond acceptors (Lipinski definition) is 2. The number of halogens is 3. The van der Waals surface area contributed by atoms with Crippen LogP contribution in [0.2, 0.25) is 10.0 Å². The minimum absolute atomic E-state index is 0. The Balaban J connectivity index is 0.00000441. The lowest BCUT2D eigenvalue weighted by Crippen LogP contribution is -2.39. The van der Waals surface area contributed by atoms with E-state index in [0.29, 0.717) is 29.6 Å². The van der Waals surface area contributed by atoms with E-state index in [0.717, 1.165) is 18.4 Å². The molecule has 0 bridgehead atoms. The zero-order valence-corrected chi connectivity index (χ0v) is 15.7. The van der Waals surface area contributed by atoms with Gasteiger partial charge < -0.3 is 10.6 Å². The first-order valence-electron chi connectivity index (χ1n) is 7.13. The van der Waals surface area contributed by atoms with Crippen LogP contribution < -0.4 is 5.73 Å². The van der Waals surface area contributed by atoms with Gasteiger partial charge in [0.25, 0.3) is 0 Å². The molecule has 0 aliphatic carbocycles. The molecule has 0 fully saturated rings. The molecule has 0 saturated heterocycles. The number of carbonyl (C=O) groups is 1. The second-order valence-electron chi connectivity index (χ2n) is 6.22. The standard InChI is InChI=1S/C16H24Cl2N2O.ClH/c1-16(2,10-19)11-20(3)15(21)6-4-5-12-7-8-13(17)14(18)9-12;/h7-9H,4-6,10-11,19H2,1-3H3;1H. The van der Waals surface area contributed by atoms with E-state index < -0.39 is 0 Å². The van der Waals surface area contributed by atoms with Gasteiger partial charge in [0.05, 0.1) is 10.0 Å². The van der Waals surface area contributed by atoms with Crippen LogP contribution in [0.3, 0.4) is 0 Å². The second kappa shape index (κ2) is 9.61. The summed E-state index contributed by atoms with van der Waals surface area (Å²) in [5.74, 6) is 0.150. The molecule has 1 amide bonds. The van der Waals surface area contributed by atoms with E-state index in [1.165, 1.54) is 0 Å². The van der Waals surface area contributed by atoms with Crippen molar-refractivity contribution in [2.75, 3.05) is 20.1 Å². The predicted molar refractivity (Wildman–Crippen MR) is 97.1 cm³/mol. The Hall–Kier alpha value is -0.480. The maximum Gasteiger partial charge on any atom is 0.222 e. The molecular weight excluding hydrogens is 343 g/mol. The Morgan fingerprint density at radius 3 is 2.45 bits per heavy atom. The number of benzene rings is 1. The van der Waals surface area contributed by atoms with Crippen LogP contribution in [0.25, 0.3) is 0 Å². The zero-order valence-electron chi connectivity index (χ0n) is 13.4. The molecule has 1 aromatic rings. The van der Waals surface area contributed by atoms with Gasteiger partial charge >= 0.3 is 0 Å². The van der Waals surface area contributed by atoms with Gasteiger partial charge in [-0.25, -0.2) is 0 Å². The number of nitrogens with zero attached hydrogens (tertiary/aromatic N) is 1. The number of hydrogen-bond donors (Lipinski definition) is 1. The third-order valence-electron chi connectivity index (χ3n) is 3.48. The van der Waals surface area contributed by atoms with Crippen LogP contribution in [0, 0.1) is 5.41 Å². The summed E-state index contributed by atoms with van der Waals surface area (Å²) in [7, 11) is 1.83. The summed E-state index contributed by atoms with van der Waals surface area (Å²) in [6.07, 6.45) is 2.14. The van der Waals surface area contributed by atoms with E-state index in [1.807, 2.05) is 19.2 Å². The average Bonchev–Trinajstić information content (AvgIpc) is 2.42. The highest BCUT2D eigenvalue weighted by Crippen LogP contribution is 2.23. The number of amides is 1. The van der Waals surface area contributed by atoms with Crippen molar-refractivity contribution in [2.45, 2.75) is 33.1 Å². The largest absolute Gasteiger partial charge is 0.345 e. The third kappa shape index (κ3) is 7.19. The van der Waals surface area contributed by atoms with Crippen molar-refractivity contribution in [1.29, 1.82) is 0 Å². The smallest absolute Gasteiger partial charge is 0.222 e. The Kier molecular flexibility index (Phi) is 9.40. The molecule has 0 aliphatic rings. The fraction of sp³-hybridized carbons (Fsp3) is 0.562. The molecular formula is C16H25Cl3N2O. The topological polar surface area (TPSA) is 46.3 Å². The van der Waals surface area contributed by atoms with Crippen molar-refractivity contribution in [3.05, 3.63) is 33.8 Å². The molecule has 6 heteroatoms. The lowest BCUT2D eigenvalue weighted by atomic mass is 9.93. The molecule has 0 aliphatic heterocycles. The van der Waals surface area contributed by atoms with Gasteiger partial charge in [-0.2, -0.15) is 0 Å². The molecule has 0 heterocycles. The van der Waals surface area contributed by atoms with E-state index in [2.05, 4.69) is 13.8 Å². The first-order chi connectivity index (χ1) is 9.75. The third-order valence-corrected chi connectivity index (χ3v) is 4.22. The Labute approximate surface area is 149 Å². The van der Waals surface area contributed by atoms with Gasteiger partial charge in [-0.05, 0) is 42.5 Å². The minimum Gasteiger partial charge on any atom is -0.345 e. The molecule has 0 atom stereocenters. The lowest BCUT2D eigenvalue weighted by Gasteiger charge is -2.29. The Bertz CT molecular complexity index is 492. The predicted octanol–water partition coefficient (Wildman–Crippen LogP) is 4.18. The monoisotopic (exact) mass is 366 g/mol.